The average molecular weight is 197 g/mol. The maximum absolute atomic E-state index is 13.3. The van der Waals surface area contributed by atoms with Crippen LogP contribution in [0.15, 0.2) is 18.2 Å². The topological polar surface area (TPSA) is 26.0 Å². The van der Waals surface area contributed by atoms with Crippen molar-refractivity contribution in [3.05, 3.63) is 35.4 Å². The number of hydrogen-bond donors (Lipinski definition) is 1. The molecule has 0 unspecified atom stereocenters. The molecule has 0 spiro atoms. The van der Waals surface area contributed by atoms with Gasteiger partial charge in [-0.15, -0.1) is 0 Å². The van der Waals surface area contributed by atoms with Crippen molar-refractivity contribution in [3.63, 3.8) is 0 Å². The summed E-state index contributed by atoms with van der Waals surface area (Å²) >= 11 is 0. The molecule has 1 saturated carbocycles. The zero-order valence-corrected chi connectivity index (χ0v) is 8.00. The first-order valence-electron chi connectivity index (χ1n) is 4.80. The van der Waals surface area contributed by atoms with Gasteiger partial charge in [-0.2, -0.15) is 0 Å². The van der Waals surface area contributed by atoms with E-state index in [1.165, 1.54) is 12.1 Å². The minimum Gasteiger partial charge on any atom is -0.328 e. The first-order valence-corrected chi connectivity index (χ1v) is 4.80. The van der Waals surface area contributed by atoms with E-state index in [0.717, 1.165) is 12.5 Å². The molecular formula is C11H13F2N. The van der Waals surface area contributed by atoms with Gasteiger partial charge in [0, 0.05) is 12.1 Å². The van der Waals surface area contributed by atoms with Crippen molar-refractivity contribution < 1.29 is 8.78 Å². The van der Waals surface area contributed by atoms with Crippen molar-refractivity contribution in [2.75, 3.05) is 0 Å². The predicted octanol–water partition coefficient (Wildman–Crippen LogP) is 2.42. The van der Waals surface area contributed by atoms with Crippen LogP contribution in [-0.4, -0.2) is 6.04 Å². The zero-order chi connectivity index (χ0) is 10.3. The summed E-state index contributed by atoms with van der Waals surface area (Å²) in [6.07, 6.45) is 0.917. The van der Waals surface area contributed by atoms with Gasteiger partial charge in [-0.3, -0.25) is 0 Å². The molecule has 14 heavy (non-hydrogen) atoms. The number of rotatable bonds is 2. The van der Waals surface area contributed by atoms with E-state index in [9.17, 15) is 8.78 Å². The molecule has 0 aliphatic heterocycles. The lowest BCUT2D eigenvalue weighted by Crippen LogP contribution is -2.18. The number of hydrogen-bond acceptors (Lipinski definition) is 1. The fourth-order valence-electron chi connectivity index (χ4n) is 1.96. The van der Waals surface area contributed by atoms with E-state index in [2.05, 4.69) is 0 Å². The summed E-state index contributed by atoms with van der Waals surface area (Å²) in [4.78, 5) is 0. The third-order valence-electron chi connectivity index (χ3n) is 2.88. The quantitative estimate of drug-likeness (QED) is 0.774. The highest BCUT2D eigenvalue weighted by Crippen LogP contribution is 2.49. The van der Waals surface area contributed by atoms with Crippen LogP contribution in [0.3, 0.4) is 0 Å². The molecule has 0 radical (unpaired) electrons. The lowest BCUT2D eigenvalue weighted by molar-refractivity contribution is 0.563. The summed E-state index contributed by atoms with van der Waals surface area (Å²) in [6.45, 7) is 1.92. The smallest absolute Gasteiger partial charge is 0.129 e. The largest absolute Gasteiger partial charge is 0.328 e. The zero-order valence-electron chi connectivity index (χ0n) is 8.00. The molecule has 0 aromatic heterocycles. The molecule has 1 fully saturated rings. The summed E-state index contributed by atoms with van der Waals surface area (Å²) in [7, 11) is 0. The fourth-order valence-corrected chi connectivity index (χ4v) is 1.96. The highest BCUT2D eigenvalue weighted by molar-refractivity contribution is 5.28. The van der Waals surface area contributed by atoms with Crippen LogP contribution in [-0.2, 0) is 0 Å². The monoisotopic (exact) mass is 197 g/mol. The van der Waals surface area contributed by atoms with Crippen LogP contribution in [0.2, 0.25) is 0 Å². The molecule has 1 aliphatic rings. The van der Waals surface area contributed by atoms with E-state index in [1.54, 1.807) is 0 Å². The van der Waals surface area contributed by atoms with Crippen LogP contribution < -0.4 is 5.73 Å². The molecule has 0 bridgehead atoms. The molecule has 3 atom stereocenters. The van der Waals surface area contributed by atoms with Crippen LogP contribution in [0.1, 0.15) is 24.8 Å². The van der Waals surface area contributed by atoms with Gasteiger partial charge in [0.15, 0.2) is 0 Å². The van der Waals surface area contributed by atoms with Crippen molar-refractivity contribution >= 4 is 0 Å². The highest BCUT2D eigenvalue weighted by Gasteiger charge is 2.42. The van der Waals surface area contributed by atoms with Gasteiger partial charge in [0.25, 0.3) is 0 Å². The van der Waals surface area contributed by atoms with Crippen molar-refractivity contribution in [2.24, 2.45) is 11.7 Å². The molecular weight excluding hydrogens is 184 g/mol. The van der Waals surface area contributed by atoms with Gasteiger partial charge in [0.1, 0.15) is 11.6 Å². The van der Waals surface area contributed by atoms with Crippen LogP contribution >= 0.6 is 0 Å². The van der Waals surface area contributed by atoms with E-state index in [1.807, 2.05) is 6.92 Å². The molecule has 2 N–H and O–H groups in total. The molecule has 76 valence electrons. The fraction of sp³-hybridized carbons (Fsp3) is 0.455. The van der Waals surface area contributed by atoms with Gasteiger partial charge in [-0.1, -0.05) is 6.07 Å². The van der Waals surface area contributed by atoms with E-state index >= 15 is 0 Å². The Balaban J connectivity index is 2.19. The Kier molecular flexibility index (Phi) is 2.27. The van der Waals surface area contributed by atoms with E-state index in [4.69, 9.17) is 5.73 Å². The second-order valence-electron chi connectivity index (χ2n) is 4.03. The SMILES string of the molecule is C[C@H](N)[C@H]1C[C@@H]1c1ccc(F)cc1F. The Morgan fingerprint density at radius 3 is 2.64 bits per heavy atom. The van der Waals surface area contributed by atoms with Gasteiger partial charge in [-0.25, -0.2) is 8.78 Å². The molecule has 1 aromatic carbocycles. The second kappa shape index (κ2) is 3.31. The van der Waals surface area contributed by atoms with Crippen LogP contribution in [0.5, 0.6) is 0 Å². The Hall–Kier alpha value is -0.960. The maximum atomic E-state index is 13.3. The summed E-state index contributed by atoms with van der Waals surface area (Å²) in [5.74, 6) is -0.423. The standard InChI is InChI=1S/C11H13F2N/c1-6(14)9-5-10(9)8-3-2-7(12)4-11(8)13/h2-4,6,9-10H,5,14H2,1H3/t6-,9+,10+/m0/s1. The lowest BCUT2D eigenvalue weighted by Gasteiger charge is -2.05. The molecule has 0 amide bonds. The molecule has 1 nitrogen and oxygen atoms in total. The van der Waals surface area contributed by atoms with Crippen molar-refractivity contribution in [1.82, 2.24) is 0 Å². The third kappa shape index (κ3) is 1.64. The summed E-state index contributed by atoms with van der Waals surface area (Å²) in [5.41, 5.74) is 6.31. The van der Waals surface area contributed by atoms with Crippen LogP contribution in [0.4, 0.5) is 8.78 Å². The van der Waals surface area contributed by atoms with Crippen molar-refractivity contribution in [1.29, 1.82) is 0 Å². The summed E-state index contributed by atoms with van der Waals surface area (Å²) in [6, 6.07) is 3.85. The second-order valence-corrected chi connectivity index (χ2v) is 4.03. The van der Waals surface area contributed by atoms with Gasteiger partial charge in [-0.05, 0) is 36.8 Å². The van der Waals surface area contributed by atoms with Gasteiger partial charge < -0.3 is 5.73 Å². The highest BCUT2D eigenvalue weighted by atomic mass is 19.1. The van der Waals surface area contributed by atoms with Crippen molar-refractivity contribution in [2.45, 2.75) is 25.3 Å². The summed E-state index contributed by atoms with van der Waals surface area (Å²) < 4.78 is 25.9. The first-order chi connectivity index (χ1) is 6.59. The van der Waals surface area contributed by atoms with E-state index in [-0.39, 0.29) is 12.0 Å². The van der Waals surface area contributed by atoms with Crippen LogP contribution in [0.25, 0.3) is 0 Å². The molecule has 1 aliphatic carbocycles. The minimum absolute atomic E-state index is 0.0875. The van der Waals surface area contributed by atoms with E-state index in [0.29, 0.717) is 11.5 Å². The first kappa shape index (κ1) is 9.59. The molecule has 0 saturated heterocycles. The van der Waals surface area contributed by atoms with Gasteiger partial charge in [0.05, 0.1) is 0 Å². The molecule has 2 rings (SSSR count). The van der Waals surface area contributed by atoms with Gasteiger partial charge >= 0.3 is 0 Å². The summed E-state index contributed by atoms with van der Waals surface area (Å²) in [5, 5.41) is 0. The maximum Gasteiger partial charge on any atom is 0.129 e. The average Bonchev–Trinajstić information content (AvgIpc) is 2.83. The Morgan fingerprint density at radius 1 is 1.43 bits per heavy atom. The predicted molar refractivity (Wildman–Crippen MR) is 50.9 cm³/mol. The normalized spacial score (nSPS) is 27.4. The Labute approximate surface area is 81.9 Å². The third-order valence-corrected chi connectivity index (χ3v) is 2.88. The Morgan fingerprint density at radius 2 is 2.14 bits per heavy atom. The van der Waals surface area contributed by atoms with Crippen LogP contribution in [0, 0.1) is 17.6 Å². The molecule has 3 heteroatoms. The molecule has 0 heterocycles. The number of halogens is 2. The van der Waals surface area contributed by atoms with E-state index < -0.39 is 11.6 Å². The van der Waals surface area contributed by atoms with Gasteiger partial charge in [0.2, 0.25) is 0 Å². The number of nitrogens with two attached hydrogens (primary N) is 1. The molecule has 1 aromatic rings. The number of benzene rings is 1. The Bertz CT molecular complexity index is 349. The minimum atomic E-state index is -0.524. The van der Waals surface area contributed by atoms with Crippen molar-refractivity contribution in [3.8, 4) is 0 Å². The lowest BCUT2D eigenvalue weighted by atomic mass is 10.1.